The normalized spacial score (nSPS) is 10.5. The van der Waals surface area contributed by atoms with Crippen molar-refractivity contribution in [3.05, 3.63) is 82.6 Å². The lowest BCUT2D eigenvalue weighted by Gasteiger charge is -2.13. The Hall–Kier alpha value is -3.61. The highest BCUT2D eigenvalue weighted by Crippen LogP contribution is 2.21. The highest BCUT2D eigenvalue weighted by atomic mass is 19.1. The molecule has 0 saturated carbocycles. The summed E-state index contributed by atoms with van der Waals surface area (Å²) in [4.78, 5) is 24.5. The van der Waals surface area contributed by atoms with Gasteiger partial charge in [0.25, 0.3) is 5.91 Å². The Labute approximate surface area is 174 Å². The Bertz CT molecular complexity index is 1030. The largest absolute Gasteiger partial charge is 0.486 e. The summed E-state index contributed by atoms with van der Waals surface area (Å²) in [6.07, 6.45) is 0. The van der Waals surface area contributed by atoms with Crippen molar-refractivity contribution in [2.24, 2.45) is 0 Å². The number of carbonyl (C=O) groups excluding carboxylic acids is 2. The van der Waals surface area contributed by atoms with Gasteiger partial charge in [0.05, 0.1) is 6.54 Å². The van der Waals surface area contributed by atoms with Crippen LogP contribution >= 0.6 is 0 Å². The molecule has 0 aliphatic heterocycles. The number of aryl methyl sites for hydroxylation is 3. The maximum atomic E-state index is 12.9. The van der Waals surface area contributed by atoms with Crippen LogP contribution in [0.1, 0.15) is 33.0 Å². The van der Waals surface area contributed by atoms with E-state index in [0.717, 1.165) is 22.4 Å². The number of hydrogen-bond acceptors (Lipinski definition) is 4. The van der Waals surface area contributed by atoms with E-state index in [2.05, 4.69) is 10.6 Å². The summed E-state index contributed by atoms with van der Waals surface area (Å²) in [5, 5.41) is 5.36. The molecule has 7 heteroatoms. The average Bonchev–Trinajstić information content (AvgIpc) is 3.17. The molecular formula is C23H23FN2O4. The lowest BCUT2D eigenvalue weighted by molar-refractivity contribution is -0.115. The van der Waals surface area contributed by atoms with Crippen molar-refractivity contribution in [1.82, 2.24) is 5.32 Å². The minimum Gasteiger partial charge on any atom is -0.486 e. The van der Waals surface area contributed by atoms with Gasteiger partial charge in [0.15, 0.2) is 5.76 Å². The van der Waals surface area contributed by atoms with Crippen LogP contribution in [0.3, 0.4) is 0 Å². The van der Waals surface area contributed by atoms with Gasteiger partial charge in [-0.1, -0.05) is 17.7 Å². The summed E-state index contributed by atoms with van der Waals surface area (Å²) in [7, 11) is 0. The first-order valence-electron chi connectivity index (χ1n) is 9.45. The lowest BCUT2D eigenvalue weighted by Crippen LogP contribution is -2.33. The minimum atomic E-state index is -0.504. The molecule has 2 aromatic carbocycles. The van der Waals surface area contributed by atoms with Gasteiger partial charge in [-0.3, -0.25) is 9.59 Å². The number of halogens is 1. The van der Waals surface area contributed by atoms with Crippen LogP contribution in [0.2, 0.25) is 0 Å². The van der Waals surface area contributed by atoms with E-state index in [4.69, 9.17) is 9.15 Å². The number of rotatable bonds is 7. The van der Waals surface area contributed by atoms with E-state index in [0.29, 0.717) is 11.5 Å². The van der Waals surface area contributed by atoms with E-state index in [1.807, 2.05) is 32.9 Å². The van der Waals surface area contributed by atoms with Gasteiger partial charge in [-0.05, 0) is 68.3 Å². The molecule has 0 unspecified atom stereocenters. The second kappa shape index (κ2) is 9.26. The molecule has 0 atom stereocenters. The van der Waals surface area contributed by atoms with Gasteiger partial charge >= 0.3 is 0 Å². The first kappa shape index (κ1) is 21.1. The zero-order valence-corrected chi connectivity index (χ0v) is 17.0. The van der Waals surface area contributed by atoms with Gasteiger partial charge in [-0.2, -0.15) is 0 Å². The van der Waals surface area contributed by atoms with Crippen LogP contribution in [0.4, 0.5) is 10.1 Å². The Morgan fingerprint density at radius 3 is 2.33 bits per heavy atom. The van der Waals surface area contributed by atoms with Crippen molar-refractivity contribution in [1.29, 1.82) is 0 Å². The van der Waals surface area contributed by atoms with E-state index >= 15 is 0 Å². The molecule has 0 saturated heterocycles. The zero-order valence-electron chi connectivity index (χ0n) is 17.0. The molecule has 0 fully saturated rings. The fourth-order valence-electron chi connectivity index (χ4n) is 3.07. The number of carbonyl (C=O) groups is 2. The molecule has 1 heterocycles. The van der Waals surface area contributed by atoms with Crippen molar-refractivity contribution >= 4 is 17.5 Å². The summed E-state index contributed by atoms with van der Waals surface area (Å²) >= 11 is 0. The van der Waals surface area contributed by atoms with Crippen LogP contribution in [0.5, 0.6) is 5.75 Å². The van der Waals surface area contributed by atoms with Crippen molar-refractivity contribution < 1.29 is 23.1 Å². The molecule has 0 radical (unpaired) electrons. The molecule has 2 N–H and O–H groups in total. The topological polar surface area (TPSA) is 80.6 Å². The van der Waals surface area contributed by atoms with Crippen LogP contribution in [0.25, 0.3) is 0 Å². The molecule has 0 bridgehead atoms. The third-order valence-electron chi connectivity index (χ3n) is 4.43. The number of ether oxygens (including phenoxy) is 1. The van der Waals surface area contributed by atoms with Crippen molar-refractivity contribution in [2.45, 2.75) is 27.4 Å². The van der Waals surface area contributed by atoms with Gasteiger partial charge in [0, 0.05) is 5.69 Å². The van der Waals surface area contributed by atoms with Crippen LogP contribution < -0.4 is 15.4 Å². The van der Waals surface area contributed by atoms with Crippen molar-refractivity contribution in [2.75, 3.05) is 11.9 Å². The summed E-state index contributed by atoms with van der Waals surface area (Å²) in [5.41, 5.74) is 3.79. The minimum absolute atomic E-state index is 0.0724. The third-order valence-corrected chi connectivity index (χ3v) is 4.43. The number of benzene rings is 2. The standard InChI is InChI=1S/C23H23FN2O4/c1-14-10-15(2)22(16(3)11-14)26-21(27)12-25-23(28)20-9-8-19(30-20)13-29-18-6-4-17(24)5-7-18/h4-11H,12-13H2,1-3H3,(H,25,28)(H,26,27). The smallest absolute Gasteiger partial charge is 0.287 e. The van der Waals surface area contributed by atoms with Gasteiger partial charge in [0.1, 0.15) is 23.9 Å². The predicted molar refractivity (Wildman–Crippen MR) is 111 cm³/mol. The van der Waals surface area contributed by atoms with E-state index < -0.39 is 5.91 Å². The van der Waals surface area contributed by atoms with E-state index in [1.54, 1.807) is 6.07 Å². The molecule has 1 aromatic heterocycles. The van der Waals surface area contributed by atoms with E-state index in [9.17, 15) is 14.0 Å². The molecular weight excluding hydrogens is 387 g/mol. The molecule has 2 amide bonds. The maximum absolute atomic E-state index is 12.9. The van der Waals surface area contributed by atoms with Crippen LogP contribution in [0.15, 0.2) is 52.9 Å². The summed E-state index contributed by atoms with van der Waals surface area (Å²) < 4.78 is 23.8. The second-order valence-corrected chi connectivity index (χ2v) is 7.01. The second-order valence-electron chi connectivity index (χ2n) is 7.01. The van der Waals surface area contributed by atoms with E-state index in [1.165, 1.54) is 30.3 Å². The molecule has 6 nitrogen and oxygen atoms in total. The Morgan fingerprint density at radius 1 is 1.00 bits per heavy atom. The van der Waals surface area contributed by atoms with Gasteiger partial charge in [-0.25, -0.2) is 4.39 Å². The number of anilines is 1. The Morgan fingerprint density at radius 2 is 1.67 bits per heavy atom. The molecule has 3 rings (SSSR count). The third kappa shape index (κ3) is 5.47. The fourth-order valence-corrected chi connectivity index (χ4v) is 3.07. The quantitative estimate of drug-likeness (QED) is 0.609. The number of nitrogens with one attached hydrogen (secondary N) is 2. The number of furan rings is 1. The number of hydrogen-bond donors (Lipinski definition) is 2. The molecule has 3 aromatic rings. The van der Waals surface area contributed by atoms with Gasteiger partial charge in [0.2, 0.25) is 5.91 Å². The summed E-state index contributed by atoms with van der Waals surface area (Å²) in [6, 6.07) is 12.7. The molecule has 0 spiro atoms. The summed E-state index contributed by atoms with van der Waals surface area (Å²) in [6.45, 7) is 5.74. The van der Waals surface area contributed by atoms with Crippen LogP contribution in [-0.4, -0.2) is 18.4 Å². The van der Waals surface area contributed by atoms with Gasteiger partial charge < -0.3 is 19.8 Å². The van der Waals surface area contributed by atoms with Crippen molar-refractivity contribution in [3.63, 3.8) is 0 Å². The molecule has 0 aliphatic rings. The first-order chi connectivity index (χ1) is 14.3. The first-order valence-corrected chi connectivity index (χ1v) is 9.45. The Kier molecular flexibility index (Phi) is 6.51. The maximum Gasteiger partial charge on any atom is 0.287 e. The summed E-state index contributed by atoms with van der Waals surface area (Å²) in [5.74, 6) is -0.198. The predicted octanol–water partition coefficient (Wildman–Crippen LogP) is 4.29. The van der Waals surface area contributed by atoms with Crippen LogP contribution in [-0.2, 0) is 11.4 Å². The highest BCUT2D eigenvalue weighted by molar-refractivity contribution is 5.98. The highest BCUT2D eigenvalue weighted by Gasteiger charge is 2.14. The molecule has 30 heavy (non-hydrogen) atoms. The SMILES string of the molecule is Cc1cc(C)c(NC(=O)CNC(=O)c2ccc(COc3ccc(F)cc3)o2)c(C)c1. The molecule has 156 valence electrons. The molecule has 0 aliphatic carbocycles. The average molecular weight is 410 g/mol. The Balaban J connectivity index is 1.50. The van der Waals surface area contributed by atoms with Gasteiger partial charge in [-0.15, -0.1) is 0 Å². The lowest BCUT2D eigenvalue weighted by atomic mass is 10.1. The van der Waals surface area contributed by atoms with Crippen LogP contribution in [0, 0.1) is 26.6 Å². The fraction of sp³-hybridized carbons (Fsp3) is 0.217. The van der Waals surface area contributed by atoms with E-state index in [-0.39, 0.29) is 30.6 Å². The van der Waals surface area contributed by atoms with Crippen molar-refractivity contribution in [3.8, 4) is 5.75 Å². The monoisotopic (exact) mass is 410 g/mol. The number of amides is 2. The zero-order chi connectivity index (χ0) is 21.7.